The molecule has 1 aliphatic heterocycles. The quantitative estimate of drug-likeness (QED) is 0.556. The lowest BCUT2D eigenvalue weighted by Crippen LogP contribution is -2.38. The smallest absolute Gasteiger partial charge is 0.204 e. The van der Waals surface area contributed by atoms with Crippen LogP contribution in [0.3, 0.4) is 0 Å². The second kappa shape index (κ2) is 6.37. The van der Waals surface area contributed by atoms with Crippen LogP contribution < -0.4 is 0 Å². The second-order valence-corrected chi connectivity index (χ2v) is 13.1. The van der Waals surface area contributed by atoms with Crippen LogP contribution in [0, 0.1) is 16.9 Å². The number of aliphatic imine (C=N–C) groups is 1. The number of nitrogens with zero attached hydrogens (tertiary/aromatic N) is 1. The summed E-state index contributed by atoms with van der Waals surface area (Å²) in [6.45, 7) is 10.5. The van der Waals surface area contributed by atoms with E-state index in [0.29, 0.717) is 0 Å². The van der Waals surface area contributed by atoms with Crippen molar-refractivity contribution in [3.8, 4) is 11.5 Å². The van der Waals surface area contributed by atoms with E-state index in [9.17, 15) is 4.79 Å². The van der Waals surface area contributed by atoms with Gasteiger partial charge in [-0.2, -0.15) is 0 Å². The van der Waals surface area contributed by atoms with Crippen LogP contribution in [0.15, 0.2) is 65.7 Å². The molecule has 2 aromatic rings. The van der Waals surface area contributed by atoms with Gasteiger partial charge in [0.1, 0.15) is 8.07 Å². The molecule has 1 unspecified atom stereocenters. The Morgan fingerprint density at radius 2 is 1.42 bits per heavy atom. The first-order valence-corrected chi connectivity index (χ1v) is 12.5. The Kier molecular flexibility index (Phi) is 4.50. The highest BCUT2D eigenvalue weighted by Crippen LogP contribution is 2.44. The monoisotopic (exact) mass is 359 g/mol. The van der Waals surface area contributed by atoms with Crippen molar-refractivity contribution in [2.24, 2.45) is 10.4 Å². The van der Waals surface area contributed by atoms with Gasteiger partial charge in [0.05, 0.1) is 11.1 Å². The fourth-order valence-electron chi connectivity index (χ4n) is 3.25. The lowest BCUT2D eigenvalue weighted by atomic mass is 9.74. The highest BCUT2D eigenvalue weighted by Gasteiger charge is 2.54. The first kappa shape index (κ1) is 18.4. The molecule has 0 fully saturated rings. The molecule has 0 radical (unpaired) electrons. The molecule has 1 atom stereocenters. The van der Waals surface area contributed by atoms with Gasteiger partial charge in [-0.05, 0) is 25.0 Å². The first-order chi connectivity index (χ1) is 12.2. The van der Waals surface area contributed by atoms with Crippen molar-refractivity contribution < 1.29 is 4.79 Å². The third kappa shape index (κ3) is 3.18. The number of carbonyl (C=O) groups excluding carboxylic acids is 1. The standard InChI is InChI=1S/C23H25NOSi/c1-22(2)20(18-12-8-6-9-13-18)24-23(21(22)25,16-17-26(3,4)5)19-14-10-7-11-15-19/h6-15H,1-5H3. The van der Waals surface area contributed by atoms with Crippen molar-refractivity contribution in [3.05, 3.63) is 71.8 Å². The molecule has 132 valence electrons. The normalized spacial score (nSPS) is 21.7. The Morgan fingerprint density at radius 3 is 1.96 bits per heavy atom. The number of carbonyl (C=O) groups is 1. The van der Waals surface area contributed by atoms with E-state index in [1.54, 1.807) is 0 Å². The fourth-order valence-corrected chi connectivity index (χ4v) is 3.81. The molecular formula is C23H25NOSi. The molecule has 0 bridgehead atoms. The predicted octanol–water partition coefficient (Wildman–Crippen LogP) is 4.86. The third-order valence-electron chi connectivity index (χ3n) is 4.62. The Hall–Kier alpha value is -2.44. The minimum absolute atomic E-state index is 0.0563. The maximum atomic E-state index is 13.6. The minimum Gasteiger partial charge on any atom is -0.294 e. The average Bonchev–Trinajstić information content (AvgIpc) is 2.82. The van der Waals surface area contributed by atoms with E-state index in [-0.39, 0.29) is 5.78 Å². The fraction of sp³-hybridized carbons (Fsp3) is 0.304. The van der Waals surface area contributed by atoms with Gasteiger partial charge in [-0.1, -0.05) is 86.2 Å². The van der Waals surface area contributed by atoms with Crippen LogP contribution in [0.4, 0.5) is 0 Å². The van der Waals surface area contributed by atoms with E-state index < -0.39 is 19.0 Å². The van der Waals surface area contributed by atoms with Crippen LogP contribution in [0.1, 0.15) is 25.0 Å². The van der Waals surface area contributed by atoms with Gasteiger partial charge >= 0.3 is 0 Å². The highest BCUT2D eigenvalue weighted by molar-refractivity contribution is 6.83. The van der Waals surface area contributed by atoms with Crippen molar-refractivity contribution in [2.75, 3.05) is 0 Å². The molecule has 0 aliphatic carbocycles. The molecule has 0 N–H and O–H groups in total. The Labute approximate surface area is 157 Å². The molecule has 0 amide bonds. The van der Waals surface area contributed by atoms with Crippen molar-refractivity contribution in [2.45, 2.75) is 39.0 Å². The van der Waals surface area contributed by atoms with Gasteiger partial charge in [0, 0.05) is 0 Å². The lowest BCUT2D eigenvalue weighted by molar-refractivity contribution is -0.126. The third-order valence-corrected chi connectivity index (χ3v) is 5.50. The Bertz CT molecular complexity index is 911. The summed E-state index contributed by atoms with van der Waals surface area (Å²) in [6.07, 6.45) is 0. The molecule has 3 heteroatoms. The Morgan fingerprint density at radius 1 is 0.885 bits per heavy atom. The van der Waals surface area contributed by atoms with E-state index in [4.69, 9.17) is 4.99 Å². The molecule has 0 saturated heterocycles. The van der Waals surface area contributed by atoms with Crippen LogP contribution in [-0.2, 0) is 10.3 Å². The molecule has 0 aromatic heterocycles. The second-order valence-electron chi connectivity index (χ2n) is 8.36. The van der Waals surface area contributed by atoms with Gasteiger partial charge in [0.2, 0.25) is 5.54 Å². The molecule has 0 saturated carbocycles. The molecular weight excluding hydrogens is 334 g/mol. The lowest BCUT2D eigenvalue weighted by Gasteiger charge is -2.24. The van der Waals surface area contributed by atoms with Gasteiger partial charge in [-0.15, -0.1) is 5.54 Å². The van der Waals surface area contributed by atoms with Gasteiger partial charge in [-0.25, -0.2) is 0 Å². The summed E-state index contributed by atoms with van der Waals surface area (Å²) in [6, 6.07) is 19.7. The topological polar surface area (TPSA) is 29.4 Å². The summed E-state index contributed by atoms with van der Waals surface area (Å²) in [5.41, 5.74) is 4.26. The molecule has 3 rings (SSSR count). The summed E-state index contributed by atoms with van der Waals surface area (Å²) >= 11 is 0. The van der Waals surface area contributed by atoms with Crippen molar-refractivity contribution in [3.63, 3.8) is 0 Å². The Balaban J connectivity index is 2.29. The minimum atomic E-state index is -1.66. The maximum absolute atomic E-state index is 13.6. The van der Waals surface area contributed by atoms with Gasteiger partial charge < -0.3 is 0 Å². The zero-order valence-corrected chi connectivity index (χ0v) is 17.1. The van der Waals surface area contributed by atoms with E-state index in [1.807, 2.05) is 74.5 Å². The molecule has 26 heavy (non-hydrogen) atoms. The number of rotatable bonds is 2. The summed E-state index contributed by atoms with van der Waals surface area (Å²) < 4.78 is 0. The van der Waals surface area contributed by atoms with E-state index >= 15 is 0 Å². The van der Waals surface area contributed by atoms with E-state index in [2.05, 4.69) is 31.1 Å². The van der Waals surface area contributed by atoms with E-state index in [1.165, 1.54) is 0 Å². The van der Waals surface area contributed by atoms with Gasteiger partial charge in [0.25, 0.3) is 0 Å². The van der Waals surface area contributed by atoms with Crippen molar-refractivity contribution in [1.29, 1.82) is 0 Å². The predicted molar refractivity (Wildman–Crippen MR) is 111 cm³/mol. The van der Waals surface area contributed by atoms with Crippen LogP contribution in [0.2, 0.25) is 19.6 Å². The average molecular weight is 360 g/mol. The number of Topliss-reactive ketones (excluding diaryl/α,β-unsaturated/α-hetero) is 1. The largest absolute Gasteiger partial charge is 0.294 e. The summed E-state index contributed by atoms with van der Waals surface area (Å²) in [5, 5.41) is 0. The molecule has 0 spiro atoms. The summed E-state index contributed by atoms with van der Waals surface area (Å²) in [5.74, 6) is 3.39. The number of benzene rings is 2. The van der Waals surface area contributed by atoms with Crippen molar-refractivity contribution in [1.82, 2.24) is 0 Å². The number of ketones is 1. The number of hydrogen-bond acceptors (Lipinski definition) is 2. The summed E-state index contributed by atoms with van der Waals surface area (Å²) in [7, 11) is -1.66. The van der Waals surface area contributed by atoms with Gasteiger partial charge in [0.15, 0.2) is 5.78 Å². The van der Waals surface area contributed by atoms with Gasteiger partial charge in [-0.3, -0.25) is 9.79 Å². The van der Waals surface area contributed by atoms with E-state index in [0.717, 1.165) is 16.8 Å². The maximum Gasteiger partial charge on any atom is 0.204 e. The van der Waals surface area contributed by atoms with Crippen LogP contribution >= 0.6 is 0 Å². The molecule has 1 heterocycles. The SMILES string of the molecule is CC1(C)C(=O)C(C#C[Si](C)(C)C)(c2ccccc2)N=C1c1ccccc1. The first-order valence-electron chi connectivity index (χ1n) is 8.97. The zero-order valence-electron chi connectivity index (χ0n) is 16.1. The zero-order chi connectivity index (χ0) is 19.0. The van der Waals surface area contributed by atoms with Crippen LogP contribution in [0.25, 0.3) is 0 Å². The highest BCUT2D eigenvalue weighted by atomic mass is 28.3. The molecule has 2 nitrogen and oxygen atoms in total. The number of hydrogen-bond donors (Lipinski definition) is 0. The van der Waals surface area contributed by atoms with Crippen molar-refractivity contribution >= 4 is 19.6 Å². The van der Waals surface area contributed by atoms with Crippen LogP contribution in [-0.4, -0.2) is 19.6 Å². The summed E-state index contributed by atoms with van der Waals surface area (Å²) in [4.78, 5) is 18.7. The molecule has 2 aromatic carbocycles. The van der Waals surface area contributed by atoms with Crippen LogP contribution in [0.5, 0.6) is 0 Å². The molecule has 1 aliphatic rings.